The Kier molecular flexibility index (Phi) is 11.3. The number of benzene rings is 4. The summed E-state index contributed by atoms with van der Waals surface area (Å²) in [4.78, 5) is 30.6. The van der Waals surface area contributed by atoms with Crippen molar-refractivity contribution in [3.8, 4) is 6.07 Å². The normalized spacial score (nSPS) is 14.1. The molecule has 0 bridgehead atoms. The number of rotatable bonds is 11. The fourth-order valence-corrected chi connectivity index (χ4v) is 11.0. The third-order valence-electron chi connectivity index (χ3n) is 9.18. The molecule has 5 nitrogen and oxygen atoms in total. The highest BCUT2D eigenvalue weighted by Gasteiger charge is 2.43. The van der Waals surface area contributed by atoms with Crippen molar-refractivity contribution < 1.29 is 14.3 Å². The van der Waals surface area contributed by atoms with Gasteiger partial charge in [0.25, 0.3) is 0 Å². The molecule has 1 aliphatic rings. The molecule has 0 spiro atoms. The highest BCUT2D eigenvalue weighted by Crippen LogP contribution is 2.46. The summed E-state index contributed by atoms with van der Waals surface area (Å²) in [6.07, 6.45) is 7.70. The topological polar surface area (TPSA) is 70.4 Å². The minimum absolute atomic E-state index is 0.0429. The Labute approximate surface area is 273 Å². The molecule has 1 amide bonds. The van der Waals surface area contributed by atoms with Crippen molar-refractivity contribution in [1.29, 1.82) is 5.26 Å². The van der Waals surface area contributed by atoms with Crippen LogP contribution in [0, 0.1) is 11.3 Å². The van der Waals surface area contributed by atoms with Crippen LogP contribution in [-0.4, -0.2) is 34.3 Å². The Balaban J connectivity index is 1.64. The van der Waals surface area contributed by atoms with E-state index < -0.39 is 24.5 Å². The number of unbranched alkanes of at least 4 members (excludes halogenated alkanes) is 2. The van der Waals surface area contributed by atoms with Gasteiger partial charge in [-0.15, -0.1) is 0 Å². The zero-order valence-electron chi connectivity index (χ0n) is 26.7. The minimum atomic E-state index is -3.03. The Morgan fingerprint density at radius 3 is 1.67 bits per heavy atom. The maximum absolute atomic E-state index is 14.4. The third-order valence-corrected chi connectivity index (χ3v) is 13.4. The number of nitriles is 1. The number of ether oxygens (including phenoxy) is 1. The maximum atomic E-state index is 14.4. The van der Waals surface area contributed by atoms with Crippen LogP contribution in [-0.2, 0) is 16.0 Å². The van der Waals surface area contributed by atoms with Crippen LogP contribution in [0.5, 0.6) is 0 Å². The lowest BCUT2D eigenvalue weighted by Gasteiger charge is -2.46. The molecule has 0 aromatic heterocycles. The van der Waals surface area contributed by atoms with E-state index in [9.17, 15) is 14.9 Å². The summed E-state index contributed by atoms with van der Waals surface area (Å²) in [5.41, 5.74) is 0.706. The SMILES string of the molecule is CCCCCN(C(=O)OC(=O)C(C#N)=P(c1ccccc1)(c1ccccc1)c1ccccc1)C1(Cc2ccccc2)CCCCC1. The fourth-order valence-electron chi connectivity index (χ4n) is 7.00. The van der Waals surface area contributed by atoms with E-state index in [0.717, 1.165) is 72.8 Å². The van der Waals surface area contributed by atoms with Crippen molar-refractivity contribution in [2.75, 3.05) is 6.54 Å². The number of carbonyl (C=O) groups is 2. The molecule has 5 rings (SSSR count). The summed E-state index contributed by atoms with van der Waals surface area (Å²) in [5.74, 6) is -0.872. The Bertz CT molecular complexity index is 1570. The van der Waals surface area contributed by atoms with Crippen molar-refractivity contribution in [2.45, 2.75) is 70.3 Å². The molecule has 0 radical (unpaired) electrons. The quantitative estimate of drug-likeness (QED) is 0.0735. The van der Waals surface area contributed by atoms with Gasteiger partial charge in [-0.2, -0.15) is 5.26 Å². The van der Waals surface area contributed by atoms with Crippen molar-refractivity contribution in [2.24, 2.45) is 0 Å². The van der Waals surface area contributed by atoms with Gasteiger partial charge in [0.1, 0.15) is 11.4 Å². The molecule has 0 heterocycles. The van der Waals surface area contributed by atoms with E-state index in [1.54, 1.807) is 0 Å². The molecule has 4 aromatic rings. The first-order valence-electron chi connectivity index (χ1n) is 16.5. The zero-order chi connectivity index (χ0) is 32.2. The molecule has 0 N–H and O–H groups in total. The Morgan fingerprint density at radius 2 is 1.22 bits per heavy atom. The van der Waals surface area contributed by atoms with Gasteiger partial charge >= 0.3 is 12.1 Å². The molecule has 1 saturated carbocycles. The molecule has 1 aliphatic carbocycles. The van der Waals surface area contributed by atoms with Crippen LogP contribution in [0.2, 0.25) is 0 Å². The van der Waals surface area contributed by atoms with Gasteiger partial charge in [-0.05, 0) is 47.2 Å². The number of nitrogens with zero attached hydrogens (tertiary/aromatic N) is 2. The molecule has 0 unspecified atom stereocenters. The maximum Gasteiger partial charge on any atom is 0.418 e. The van der Waals surface area contributed by atoms with Gasteiger partial charge in [0.15, 0.2) is 0 Å². The van der Waals surface area contributed by atoms with Crippen molar-refractivity contribution in [3.05, 3.63) is 127 Å². The highest BCUT2D eigenvalue weighted by atomic mass is 31.2. The first-order valence-corrected chi connectivity index (χ1v) is 18.3. The monoisotopic (exact) mass is 630 g/mol. The number of hydrogen-bond donors (Lipinski definition) is 0. The smallest absolute Gasteiger partial charge is 0.372 e. The van der Waals surface area contributed by atoms with Crippen LogP contribution in [0.4, 0.5) is 4.79 Å². The number of hydrogen-bond acceptors (Lipinski definition) is 4. The summed E-state index contributed by atoms with van der Waals surface area (Å²) in [6, 6.07) is 41.7. The average Bonchev–Trinajstić information content (AvgIpc) is 3.11. The van der Waals surface area contributed by atoms with E-state index in [0.29, 0.717) is 13.0 Å². The molecule has 46 heavy (non-hydrogen) atoms. The predicted molar refractivity (Wildman–Crippen MR) is 189 cm³/mol. The van der Waals surface area contributed by atoms with Crippen LogP contribution in [0.1, 0.15) is 63.9 Å². The molecule has 0 aliphatic heterocycles. The van der Waals surface area contributed by atoms with Gasteiger partial charge in [-0.3, -0.25) is 0 Å². The van der Waals surface area contributed by atoms with E-state index in [1.807, 2.05) is 114 Å². The second-order valence-corrected chi connectivity index (χ2v) is 15.4. The fraction of sp³-hybridized carbons (Fsp3) is 0.300. The third kappa shape index (κ3) is 7.04. The lowest BCUT2D eigenvalue weighted by Crippen LogP contribution is -2.55. The van der Waals surface area contributed by atoms with E-state index in [2.05, 4.69) is 25.1 Å². The van der Waals surface area contributed by atoms with Gasteiger partial charge in [0.2, 0.25) is 0 Å². The first-order chi connectivity index (χ1) is 22.5. The zero-order valence-corrected chi connectivity index (χ0v) is 27.6. The van der Waals surface area contributed by atoms with E-state index >= 15 is 0 Å². The largest absolute Gasteiger partial charge is 0.418 e. The molecule has 6 heteroatoms. The van der Waals surface area contributed by atoms with Gasteiger partial charge in [0, 0.05) is 13.4 Å². The lowest BCUT2D eigenvalue weighted by molar-refractivity contribution is -0.131. The molecule has 236 valence electrons. The second kappa shape index (κ2) is 15.7. The second-order valence-electron chi connectivity index (χ2n) is 12.1. The van der Waals surface area contributed by atoms with Gasteiger partial charge in [-0.25, -0.2) is 9.59 Å². The van der Waals surface area contributed by atoms with Crippen LogP contribution in [0.3, 0.4) is 0 Å². The molecule has 0 atom stereocenters. The summed E-state index contributed by atoms with van der Waals surface area (Å²) >= 11 is 0. The van der Waals surface area contributed by atoms with Crippen molar-refractivity contribution in [1.82, 2.24) is 4.90 Å². The van der Waals surface area contributed by atoms with Crippen LogP contribution < -0.4 is 15.9 Å². The van der Waals surface area contributed by atoms with Crippen LogP contribution in [0.25, 0.3) is 0 Å². The van der Waals surface area contributed by atoms with E-state index in [-0.39, 0.29) is 5.29 Å². The molecule has 0 saturated heterocycles. The molecule has 4 aromatic carbocycles. The standard InChI is InChI=1S/C40H43N2O3P/c1-2-3-19-30-42(40(28-17-8-18-29-40)31-33-20-9-4-10-21-33)39(44)45-38(43)37(32-41)46(34-22-11-5-12-23-34,35-24-13-6-14-25-35)36-26-15-7-16-27-36/h4-7,9-16,20-27H,2-3,8,17-19,28-31H2,1H3. The van der Waals surface area contributed by atoms with Gasteiger partial charge < -0.3 is 9.64 Å². The summed E-state index contributed by atoms with van der Waals surface area (Å²) in [5, 5.41) is 13.4. The van der Waals surface area contributed by atoms with Crippen molar-refractivity contribution in [3.63, 3.8) is 0 Å². The van der Waals surface area contributed by atoms with E-state index in [4.69, 9.17) is 4.74 Å². The van der Waals surface area contributed by atoms with Crippen LogP contribution in [0.15, 0.2) is 121 Å². The summed E-state index contributed by atoms with van der Waals surface area (Å²) < 4.78 is 5.90. The van der Waals surface area contributed by atoms with Gasteiger partial charge in [0.05, 0.1) is 5.54 Å². The molecular formula is C40H43N2O3P. The van der Waals surface area contributed by atoms with Gasteiger partial charge in [-0.1, -0.05) is 160 Å². The Morgan fingerprint density at radius 1 is 0.739 bits per heavy atom. The lowest BCUT2D eigenvalue weighted by atomic mass is 9.76. The van der Waals surface area contributed by atoms with Crippen molar-refractivity contribution >= 4 is 40.2 Å². The first kappa shape index (κ1) is 33.0. The number of amides is 1. The summed E-state index contributed by atoms with van der Waals surface area (Å²) in [6.45, 7) is -0.381. The Hall–Kier alpha value is -4.39. The number of carbonyl (C=O) groups excluding carboxylic acids is 2. The van der Waals surface area contributed by atoms with E-state index in [1.165, 1.54) is 0 Å². The highest BCUT2D eigenvalue weighted by molar-refractivity contribution is 7.96. The summed E-state index contributed by atoms with van der Waals surface area (Å²) in [7, 11) is 0. The minimum Gasteiger partial charge on any atom is -0.372 e. The predicted octanol–water partition coefficient (Wildman–Crippen LogP) is 7.78. The number of esters is 1. The average molecular weight is 631 g/mol. The molecular weight excluding hydrogens is 587 g/mol. The van der Waals surface area contributed by atoms with Crippen LogP contribution >= 0.6 is 6.89 Å². The molecule has 1 fully saturated rings.